The van der Waals surface area contributed by atoms with E-state index < -0.39 is 0 Å². The maximum atomic E-state index is 12.6. The fourth-order valence-electron chi connectivity index (χ4n) is 3.87. The highest BCUT2D eigenvalue weighted by Gasteiger charge is 2.57. The van der Waals surface area contributed by atoms with Crippen molar-refractivity contribution in [3.63, 3.8) is 0 Å². The van der Waals surface area contributed by atoms with Gasteiger partial charge in [0.1, 0.15) is 0 Å². The van der Waals surface area contributed by atoms with Gasteiger partial charge in [-0.1, -0.05) is 23.7 Å². The monoisotopic (exact) mass is 411 g/mol. The molecule has 2 fully saturated rings. The molecule has 4 rings (SSSR count). The topological polar surface area (TPSA) is 54.0 Å². The van der Waals surface area contributed by atoms with Gasteiger partial charge >= 0.3 is 0 Å². The Bertz CT molecular complexity index is 802. The van der Waals surface area contributed by atoms with Gasteiger partial charge in [0.2, 0.25) is 5.91 Å². The molecule has 1 aliphatic carbocycles. The van der Waals surface area contributed by atoms with Crippen LogP contribution in [0.25, 0.3) is 0 Å². The van der Waals surface area contributed by atoms with Gasteiger partial charge in [-0.3, -0.25) is 4.79 Å². The van der Waals surface area contributed by atoms with Crippen molar-refractivity contribution in [3.8, 4) is 0 Å². The zero-order valence-corrected chi connectivity index (χ0v) is 17.1. The molecule has 2 aliphatic rings. The Morgan fingerprint density at radius 2 is 2.19 bits per heavy atom. The first-order valence-electron chi connectivity index (χ1n) is 8.78. The highest BCUT2D eigenvalue weighted by Crippen LogP contribution is 2.58. The lowest BCUT2D eigenvalue weighted by atomic mass is 9.92. The van der Waals surface area contributed by atoms with E-state index in [4.69, 9.17) is 11.6 Å². The van der Waals surface area contributed by atoms with Crippen LogP contribution in [0.5, 0.6) is 0 Å². The highest BCUT2D eigenvalue weighted by molar-refractivity contribution is 7.15. The summed E-state index contributed by atoms with van der Waals surface area (Å²) in [5.41, 5.74) is 2.39. The Balaban J connectivity index is 0.00000196. The normalized spacial score (nSPS) is 20.5. The van der Waals surface area contributed by atoms with Crippen LogP contribution < -0.4 is 10.6 Å². The van der Waals surface area contributed by atoms with Crippen molar-refractivity contribution in [1.82, 2.24) is 10.3 Å². The first-order valence-corrected chi connectivity index (χ1v) is 9.97. The zero-order valence-electron chi connectivity index (χ0n) is 14.7. The average Bonchev–Trinajstić information content (AvgIpc) is 3.16. The number of halogens is 2. The number of carbonyl (C=O) groups is 1. The van der Waals surface area contributed by atoms with Crippen LogP contribution in [0.2, 0.25) is 5.02 Å². The number of aryl methyl sites for hydroxylation is 1. The van der Waals surface area contributed by atoms with Crippen molar-refractivity contribution in [2.75, 3.05) is 18.4 Å². The van der Waals surface area contributed by atoms with E-state index in [2.05, 4.69) is 21.7 Å². The van der Waals surface area contributed by atoms with Crippen LogP contribution in [0, 0.1) is 18.3 Å². The lowest BCUT2D eigenvalue weighted by Crippen LogP contribution is -2.31. The number of nitrogens with one attached hydrogen (secondary N) is 2. The molecule has 2 N–H and O–H groups in total. The molecule has 26 heavy (non-hydrogen) atoms. The molecule has 1 saturated carbocycles. The van der Waals surface area contributed by atoms with Crippen LogP contribution in [0.3, 0.4) is 0 Å². The number of rotatable bonds is 4. The summed E-state index contributed by atoms with van der Waals surface area (Å²) in [5.74, 6) is 0.306. The Morgan fingerprint density at radius 1 is 1.42 bits per heavy atom. The number of benzene rings is 1. The van der Waals surface area contributed by atoms with Crippen molar-refractivity contribution in [3.05, 3.63) is 45.4 Å². The Hall–Kier alpha value is -1.14. The molecule has 1 saturated heterocycles. The second kappa shape index (κ2) is 7.85. The number of amides is 1. The first-order chi connectivity index (χ1) is 12.1. The number of nitrogens with zero attached hydrogens (tertiary/aromatic N) is 1. The van der Waals surface area contributed by atoms with E-state index in [1.165, 1.54) is 4.88 Å². The summed E-state index contributed by atoms with van der Waals surface area (Å²) >= 11 is 7.63. The maximum absolute atomic E-state index is 12.6. The van der Waals surface area contributed by atoms with Crippen LogP contribution in [0.4, 0.5) is 5.13 Å². The summed E-state index contributed by atoms with van der Waals surface area (Å²) < 4.78 is 0. The van der Waals surface area contributed by atoms with Crippen LogP contribution in [-0.4, -0.2) is 24.0 Å². The lowest BCUT2D eigenvalue weighted by molar-refractivity contribution is -0.118. The largest absolute Gasteiger partial charge is 0.317 e. The first kappa shape index (κ1) is 19.6. The molecule has 0 bridgehead atoms. The molecule has 2 heterocycles. The van der Waals surface area contributed by atoms with Crippen LogP contribution in [0.1, 0.15) is 35.4 Å². The molecule has 0 radical (unpaired) electrons. The van der Waals surface area contributed by atoms with E-state index in [1.54, 1.807) is 11.3 Å². The van der Waals surface area contributed by atoms with Crippen LogP contribution >= 0.6 is 35.3 Å². The minimum absolute atomic E-state index is 0. The number of hydrogen-bond donors (Lipinski definition) is 2. The summed E-state index contributed by atoms with van der Waals surface area (Å²) in [6, 6.07) is 7.88. The Morgan fingerprint density at radius 3 is 2.92 bits per heavy atom. The van der Waals surface area contributed by atoms with Gasteiger partial charge in [0, 0.05) is 22.2 Å². The molecule has 2 aromatic rings. The van der Waals surface area contributed by atoms with E-state index in [0.717, 1.165) is 60.2 Å². The molecule has 1 unspecified atom stereocenters. The third-order valence-electron chi connectivity index (χ3n) is 5.48. The van der Waals surface area contributed by atoms with Gasteiger partial charge in [0.25, 0.3) is 0 Å². The lowest BCUT2D eigenvalue weighted by Gasteiger charge is -2.22. The van der Waals surface area contributed by atoms with Crippen molar-refractivity contribution >= 4 is 46.4 Å². The SMILES string of the molecule is Cc1nc(NC(=O)C2CC23CCNCC3)sc1Cc1cccc(Cl)c1.Cl. The second-order valence-corrected chi connectivity index (χ2v) is 8.71. The third-order valence-corrected chi connectivity index (χ3v) is 6.79. The van der Waals surface area contributed by atoms with E-state index in [1.807, 2.05) is 25.1 Å². The number of carbonyl (C=O) groups excluding carboxylic acids is 1. The molecular weight excluding hydrogens is 389 g/mol. The summed E-state index contributed by atoms with van der Waals surface area (Å²) in [5, 5.41) is 7.89. The quantitative estimate of drug-likeness (QED) is 0.781. The summed E-state index contributed by atoms with van der Waals surface area (Å²) in [6.07, 6.45) is 4.04. The Labute approximate surface area is 169 Å². The molecule has 1 aromatic heterocycles. The summed E-state index contributed by atoms with van der Waals surface area (Å²) in [7, 11) is 0. The predicted octanol–water partition coefficient (Wildman–Crippen LogP) is 4.45. The molecule has 140 valence electrons. The van der Waals surface area contributed by atoms with Crippen LogP contribution in [-0.2, 0) is 11.2 Å². The van der Waals surface area contributed by atoms with E-state index in [-0.39, 0.29) is 29.6 Å². The number of aromatic nitrogens is 1. The summed E-state index contributed by atoms with van der Waals surface area (Å²) in [4.78, 5) is 18.3. The van der Waals surface area contributed by atoms with E-state index in [0.29, 0.717) is 0 Å². The van der Waals surface area contributed by atoms with Gasteiger partial charge in [-0.05, 0) is 62.4 Å². The minimum Gasteiger partial charge on any atom is -0.317 e. The van der Waals surface area contributed by atoms with Gasteiger partial charge < -0.3 is 10.6 Å². The number of thiazole rings is 1. The second-order valence-electron chi connectivity index (χ2n) is 7.19. The number of hydrogen-bond acceptors (Lipinski definition) is 4. The highest BCUT2D eigenvalue weighted by atomic mass is 35.5. The smallest absolute Gasteiger partial charge is 0.229 e. The molecule has 1 amide bonds. The molecule has 7 heteroatoms. The van der Waals surface area contributed by atoms with Crippen molar-refractivity contribution in [2.24, 2.45) is 11.3 Å². The van der Waals surface area contributed by atoms with Gasteiger partial charge in [0.15, 0.2) is 5.13 Å². The van der Waals surface area contributed by atoms with Gasteiger partial charge in [-0.25, -0.2) is 4.98 Å². The van der Waals surface area contributed by atoms with E-state index in [9.17, 15) is 4.79 Å². The average molecular weight is 412 g/mol. The fraction of sp³-hybridized carbons (Fsp3) is 0.474. The zero-order chi connectivity index (χ0) is 17.4. The van der Waals surface area contributed by atoms with Gasteiger partial charge in [-0.2, -0.15) is 0 Å². The molecule has 1 atom stereocenters. The molecular formula is C19H23Cl2N3OS. The predicted molar refractivity (Wildman–Crippen MR) is 110 cm³/mol. The van der Waals surface area contributed by atoms with Crippen molar-refractivity contribution in [2.45, 2.75) is 32.6 Å². The fourth-order valence-corrected chi connectivity index (χ4v) is 5.08. The molecule has 1 aliphatic heterocycles. The van der Waals surface area contributed by atoms with Crippen molar-refractivity contribution in [1.29, 1.82) is 0 Å². The Kier molecular flexibility index (Phi) is 5.92. The molecule has 4 nitrogen and oxygen atoms in total. The number of anilines is 1. The van der Waals surface area contributed by atoms with Crippen molar-refractivity contribution < 1.29 is 4.79 Å². The third kappa shape index (κ3) is 4.06. The van der Waals surface area contributed by atoms with E-state index >= 15 is 0 Å². The number of piperidine rings is 1. The van der Waals surface area contributed by atoms with Gasteiger partial charge in [-0.15, -0.1) is 23.7 Å². The molecule has 1 aromatic carbocycles. The standard InChI is InChI=1S/C19H22ClN3OS.ClH/c1-12-16(10-13-3-2-4-14(20)9-13)25-18(22-12)23-17(24)15-11-19(15)5-7-21-8-6-19;/h2-4,9,15,21H,5-8,10-11H2,1H3,(H,22,23,24);1H. The van der Waals surface area contributed by atoms with Crippen LogP contribution in [0.15, 0.2) is 24.3 Å². The van der Waals surface area contributed by atoms with Gasteiger partial charge in [0.05, 0.1) is 5.69 Å². The minimum atomic E-state index is 0. The summed E-state index contributed by atoms with van der Waals surface area (Å²) in [6.45, 7) is 4.06. The maximum Gasteiger partial charge on any atom is 0.229 e. The molecule has 1 spiro atoms.